The summed E-state index contributed by atoms with van der Waals surface area (Å²) in [5.41, 5.74) is 4.13. The summed E-state index contributed by atoms with van der Waals surface area (Å²) >= 11 is 3.18. The lowest BCUT2D eigenvalue weighted by molar-refractivity contribution is -0.115. The van der Waals surface area contributed by atoms with E-state index in [4.69, 9.17) is 4.74 Å². The van der Waals surface area contributed by atoms with Crippen molar-refractivity contribution in [2.24, 2.45) is 0 Å². The Balaban J connectivity index is 1.45. The van der Waals surface area contributed by atoms with Crippen molar-refractivity contribution in [1.82, 2.24) is 0 Å². The Morgan fingerprint density at radius 2 is 1.88 bits per heavy atom. The highest BCUT2D eigenvalue weighted by Gasteiger charge is 2.30. The van der Waals surface area contributed by atoms with Crippen molar-refractivity contribution in [1.29, 1.82) is 0 Å². The first-order chi connectivity index (χ1) is 15.5. The van der Waals surface area contributed by atoms with Crippen LogP contribution in [0, 0.1) is 6.92 Å². The van der Waals surface area contributed by atoms with Gasteiger partial charge in [-0.3, -0.25) is 4.79 Å². The van der Waals surface area contributed by atoms with Gasteiger partial charge < -0.3 is 10.1 Å². The highest BCUT2D eigenvalue weighted by atomic mass is 32.2. The Bertz CT molecular complexity index is 1090. The summed E-state index contributed by atoms with van der Waals surface area (Å²) in [6, 6.07) is 18.8. The number of amides is 1. The van der Waals surface area contributed by atoms with Gasteiger partial charge in [-0.1, -0.05) is 48.0 Å². The first-order valence-corrected chi connectivity index (χ1v) is 12.6. The molecular formula is C26H27NO3S2. The normalized spacial score (nSPS) is 15.1. The highest BCUT2D eigenvalue weighted by Crippen LogP contribution is 2.42. The number of aryl methyl sites for hydroxylation is 1. The van der Waals surface area contributed by atoms with Gasteiger partial charge in [0.15, 0.2) is 0 Å². The fraction of sp³-hybridized carbons (Fsp3) is 0.308. The van der Waals surface area contributed by atoms with Crippen molar-refractivity contribution in [2.45, 2.75) is 43.4 Å². The van der Waals surface area contributed by atoms with Crippen LogP contribution < -0.4 is 5.32 Å². The van der Waals surface area contributed by atoms with Gasteiger partial charge >= 0.3 is 5.97 Å². The summed E-state index contributed by atoms with van der Waals surface area (Å²) in [7, 11) is 1.39. The third kappa shape index (κ3) is 5.25. The predicted molar refractivity (Wildman–Crippen MR) is 132 cm³/mol. The molecule has 0 aliphatic heterocycles. The Labute approximate surface area is 197 Å². The molecule has 32 heavy (non-hydrogen) atoms. The van der Waals surface area contributed by atoms with Crippen molar-refractivity contribution < 1.29 is 14.3 Å². The number of carbonyl (C=O) groups is 2. The Morgan fingerprint density at radius 1 is 1.12 bits per heavy atom. The number of hydrogen-bond acceptors (Lipinski definition) is 5. The topological polar surface area (TPSA) is 55.4 Å². The summed E-state index contributed by atoms with van der Waals surface area (Å²) in [6.45, 7) is 2.06. The molecule has 0 radical (unpaired) electrons. The smallest absolute Gasteiger partial charge is 0.341 e. The number of benzene rings is 2. The molecule has 0 bridgehead atoms. The van der Waals surface area contributed by atoms with Gasteiger partial charge in [0.25, 0.3) is 0 Å². The van der Waals surface area contributed by atoms with Crippen LogP contribution in [0.4, 0.5) is 5.00 Å². The average Bonchev–Trinajstić information content (AvgIpc) is 3.17. The minimum absolute atomic E-state index is 0.0760. The van der Waals surface area contributed by atoms with Crippen LogP contribution in [-0.4, -0.2) is 24.7 Å². The van der Waals surface area contributed by atoms with Crippen LogP contribution >= 0.6 is 23.1 Å². The van der Waals surface area contributed by atoms with Crippen LogP contribution in [0.2, 0.25) is 0 Å². The van der Waals surface area contributed by atoms with Crippen LogP contribution in [0.3, 0.4) is 0 Å². The Kier molecular flexibility index (Phi) is 7.33. The molecule has 1 aromatic heterocycles. The van der Waals surface area contributed by atoms with Crippen LogP contribution in [0.25, 0.3) is 0 Å². The van der Waals surface area contributed by atoms with E-state index in [-0.39, 0.29) is 11.9 Å². The van der Waals surface area contributed by atoms with E-state index in [9.17, 15) is 9.59 Å². The third-order valence-electron chi connectivity index (χ3n) is 5.80. The van der Waals surface area contributed by atoms with Crippen LogP contribution in [-0.2, 0) is 22.4 Å². The number of thioether (sulfide) groups is 1. The molecule has 4 nitrogen and oxygen atoms in total. The number of fused-ring (bicyclic) bond motifs is 1. The molecule has 1 aliphatic carbocycles. The van der Waals surface area contributed by atoms with Gasteiger partial charge in [-0.25, -0.2) is 4.79 Å². The molecule has 1 heterocycles. The van der Waals surface area contributed by atoms with E-state index in [1.807, 2.05) is 6.07 Å². The summed E-state index contributed by atoms with van der Waals surface area (Å²) in [6.07, 6.45) is 3.06. The zero-order valence-electron chi connectivity index (χ0n) is 18.4. The van der Waals surface area contributed by atoms with E-state index >= 15 is 0 Å². The molecule has 1 N–H and O–H groups in total. The second-order valence-electron chi connectivity index (χ2n) is 8.01. The second-order valence-corrected chi connectivity index (χ2v) is 10.3. The van der Waals surface area contributed by atoms with Crippen LogP contribution in [0.15, 0.2) is 59.5 Å². The van der Waals surface area contributed by atoms with Crippen molar-refractivity contribution >= 4 is 40.0 Å². The lowest BCUT2D eigenvalue weighted by Gasteiger charge is -2.22. The van der Waals surface area contributed by atoms with Gasteiger partial charge in [0.2, 0.25) is 5.91 Å². The number of nitrogens with one attached hydrogen (secondary N) is 1. The van der Waals surface area contributed by atoms with Gasteiger partial charge in [0.05, 0.1) is 12.7 Å². The number of ether oxygens (including phenoxy) is 1. The second kappa shape index (κ2) is 10.4. The molecule has 1 unspecified atom stereocenters. The summed E-state index contributed by atoms with van der Waals surface area (Å²) in [4.78, 5) is 27.5. The lowest BCUT2D eigenvalue weighted by atomic mass is 9.83. The molecule has 0 saturated heterocycles. The molecule has 0 spiro atoms. The Morgan fingerprint density at radius 3 is 2.59 bits per heavy atom. The van der Waals surface area contributed by atoms with E-state index < -0.39 is 0 Å². The third-order valence-corrected chi connectivity index (χ3v) is 7.98. The number of hydrogen-bond donors (Lipinski definition) is 1. The van der Waals surface area contributed by atoms with E-state index in [2.05, 4.69) is 60.8 Å². The van der Waals surface area contributed by atoms with Gasteiger partial charge in [0, 0.05) is 21.9 Å². The molecule has 1 amide bonds. The minimum Gasteiger partial charge on any atom is -0.465 e. The molecule has 3 aromatic rings. The molecule has 0 saturated carbocycles. The molecule has 2 aromatic carbocycles. The molecule has 4 rings (SSSR count). The maximum Gasteiger partial charge on any atom is 0.341 e. The van der Waals surface area contributed by atoms with E-state index in [0.717, 1.165) is 29.7 Å². The Hall–Kier alpha value is -2.57. The summed E-state index contributed by atoms with van der Waals surface area (Å²) < 4.78 is 5.06. The van der Waals surface area contributed by atoms with Crippen molar-refractivity contribution in [3.8, 4) is 0 Å². The highest BCUT2D eigenvalue weighted by molar-refractivity contribution is 7.99. The number of rotatable bonds is 7. The average molecular weight is 466 g/mol. The summed E-state index contributed by atoms with van der Waals surface area (Å²) in [5.74, 6) is 0.671. The molecule has 6 heteroatoms. The van der Waals surface area contributed by atoms with Gasteiger partial charge in [-0.2, -0.15) is 0 Å². The number of anilines is 1. The van der Waals surface area contributed by atoms with Crippen molar-refractivity contribution in [3.05, 3.63) is 81.7 Å². The van der Waals surface area contributed by atoms with Gasteiger partial charge in [0.1, 0.15) is 5.00 Å². The molecule has 166 valence electrons. The first-order valence-electron chi connectivity index (χ1n) is 10.8. The maximum absolute atomic E-state index is 12.6. The van der Waals surface area contributed by atoms with E-state index in [1.165, 1.54) is 34.5 Å². The largest absolute Gasteiger partial charge is 0.465 e. The van der Waals surface area contributed by atoms with Crippen LogP contribution in [0.1, 0.15) is 50.7 Å². The van der Waals surface area contributed by atoms with Gasteiger partial charge in [-0.15, -0.1) is 23.1 Å². The predicted octanol–water partition coefficient (Wildman–Crippen LogP) is 6.24. The monoisotopic (exact) mass is 465 g/mol. The fourth-order valence-electron chi connectivity index (χ4n) is 4.09. The lowest BCUT2D eigenvalue weighted by Crippen LogP contribution is -2.16. The van der Waals surface area contributed by atoms with E-state index in [1.54, 1.807) is 11.8 Å². The summed E-state index contributed by atoms with van der Waals surface area (Å²) in [5, 5.41) is 3.62. The molecule has 0 fully saturated rings. The number of esters is 1. The molecule has 1 aliphatic rings. The number of carbonyl (C=O) groups excluding carboxylic acids is 2. The molecular weight excluding hydrogens is 438 g/mol. The van der Waals surface area contributed by atoms with Gasteiger partial charge in [-0.05, 0) is 55.4 Å². The molecule has 1 atom stereocenters. The standard InChI is InChI=1S/C26H27NO3S2/c1-17-8-11-20(12-9-17)31-15-14-23(28)27-25-24(26(29)30-2)21-13-10-19(16-22(21)32-25)18-6-4-3-5-7-18/h3-9,11-12,19H,10,13-16H2,1-2H3,(H,27,28). The van der Waals surface area contributed by atoms with Crippen molar-refractivity contribution in [3.63, 3.8) is 0 Å². The fourth-order valence-corrected chi connectivity index (χ4v) is 6.27. The zero-order valence-corrected chi connectivity index (χ0v) is 20.0. The zero-order chi connectivity index (χ0) is 22.5. The number of methoxy groups -OCH3 is 1. The van der Waals surface area contributed by atoms with E-state index in [0.29, 0.717) is 28.7 Å². The minimum atomic E-state index is -0.370. The maximum atomic E-state index is 12.6. The van der Waals surface area contributed by atoms with Crippen LogP contribution in [0.5, 0.6) is 0 Å². The number of thiophene rings is 1. The first kappa shape index (κ1) is 22.6. The van der Waals surface area contributed by atoms with Crippen molar-refractivity contribution in [2.75, 3.05) is 18.2 Å². The SMILES string of the molecule is COC(=O)c1c(NC(=O)CCSc2ccc(C)cc2)sc2c1CCC(c1ccccc1)C2. The quantitative estimate of drug-likeness (QED) is 0.332.